The molecule has 0 spiro atoms. The van der Waals surface area contributed by atoms with Gasteiger partial charge in [0.1, 0.15) is 22.7 Å². The Morgan fingerprint density at radius 3 is 2.49 bits per heavy atom. The van der Waals surface area contributed by atoms with Crippen molar-refractivity contribution in [2.24, 2.45) is 5.92 Å². The van der Waals surface area contributed by atoms with Crippen LogP contribution in [0.5, 0.6) is 0 Å². The van der Waals surface area contributed by atoms with Gasteiger partial charge in [0, 0.05) is 23.6 Å². The number of aliphatic carboxylic acids is 1. The summed E-state index contributed by atoms with van der Waals surface area (Å²) in [6.45, 7) is 4.00. The van der Waals surface area contributed by atoms with E-state index in [1.54, 1.807) is 0 Å². The first-order valence-electron chi connectivity index (χ1n) is 12.2. The number of para-hydroxylation sites is 1. The van der Waals surface area contributed by atoms with Crippen LogP contribution in [-0.2, 0) is 20.8 Å². The molecule has 2 amide bonds. The van der Waals surface area contributed by atoms with Crippen LogP contribution in [-0.4, -0.2) is 38.8 Å². The quantitative estimate of drug-likeness (QED) is 0.357. The molecule has 2 aromatic carbocycles. The summed E-state index contributed by atoms with van der Waals surface area (Å²) in [5, 5.41) is 14.6. The zero-order valence-electron chi connectivity index (χ0n) is 20.1. The van der Waals surface area contributed by atoms with Gasteiger partial charge in [-0.1, -0.05) is 76.3 Å². The smallest absolute Gasteiger partial charge is 0.326 e. The van der Waals surface area contributed by atoms with Crippen LogP contribution < -0.4 is 5.32 Å². The molecule has 0 aliphatic heterocycles. The molecule has 2 N–H and O–H groups in total. The monoisotopic (exact) mass is 496 g/mol. The lowest BCUT2D eigenvalue weighted by Crippen LogP contribution is -2.59. The molecule has 0 radical (unpaired) electrons. The van der Waals surface area contributed by atoms with E-state index in [1.165, 1.54) is 4.31 Å². The molecule has 7 nitrogen and oxygen atoms in total. The summed E-state index contributed by atoms with van der Waals surface area (Å²) in [5.41, 5.74) is 1.04. The summed E-state index contributed by atoms with van der Waals surface area (Å²) in [6, 6.07) is 12.2. The number of furan rings is 1. The highest BCUT2D eigenvalue weighted by molar-refractivity contribution is 7.78. The van der Waals surface area contributed by atoms with Crippen LogP contribution in [0.3, 0.4) is 0 Å². The van der Waals surface area contributed by atoms with E-state index in [1.807, 2.05) is 56.3 Å². The van der Waals surface area contributed by atoms with Gasteiger partial charge >= 0.3 is 5.97 Å². The predicted molar refractivity (Wildman–Crippen MR) is 138 cm³/mol. The van der Waals surface area contributed by atoms with Gasteiger partial charge in [0.25, 0.3) is 0 Å². The molecule has 35 heavy (non-hydrogen) atoms. The van der Waals surface area contributed by atoms with Gasteiger partial charge in [0.05, 0.1) is 0 Å². The fourth-order valence-corrected chi connectivity index (χ4v) is 5.26. The molecule has 0 saturated heterocycles. The topological polar surface area (TPSA) is 99.9 Å². The fourth-order valence-electron chi connectivity index (χ4n) is 4.89. The van der Waals surface area contributed by atoms with Gasteiger partial charge in [-0.2, -0.15) is 0 Å². The molecule has 2 atom stereocenters. The number of benzene rings is 2. The van der Waals surface area contributed by atoms with E-state index in [9.17, 15) is 19.5 Å². The number of carbonyl (C=O) groups is 3. The zero-order chi connectivity index (χ0) is 25.2. The summed E-state index contributed by atoms with van der Waals surface area (Å²) in [6.07, 6.45) is 3.73. The number of carboxylic acid groups (broad SMARTS) is 1. The van der Waals surface area contributed by atoms with Gasteiger partial charge in [-0.25, -0.2) is 4.79 Å². The molecular formula is C27H32N2O5S. The van der Waals surface area contributed by atoms with E-state index < -0.39 is 23.5 Å². The van der Waals surface area contributed by atoms with Gasteiger partial charge in [-0.05, 0) is 36.5 Å². The van der Waals surface area contributed by atoms with Crippen LogP contribution in [0, 0.1) is 5.92 Å². The van der Waals surface area contributed by atoms with Gasteiger partial charge in [0.15, 0.2) is 0 Å². The van der Waals surface area contributed by atoms with Crippen molar-refractivity contribution in [2.45, 2.75) is 70.4 Å². The fraction of sp³-hybridized carbons (Fsp3) is 0.444. The van der Waals surface area contributed by atoms with Gasteiger partial charge in [-0.3, -0.25) is 13.9 Å². The van der Waals surface area contributed by atoms with Crippen LogP contribution in [0.25, 0.3) is 21.9 Å². The number of fused-ring (bicyclic) bond motifs is 3. The molecule has 1 aromatic heterocycles. The molecule has 1 heterocycles. The van der Waals surface area contributed by atoms with E-state index in [0.29, 0.717) is 24.8 Å². The highest BCUT2D eigenvalue weighted by atomic mass is 32.1. The second-order valence-corrected chi connectivity index (χ2v) is 10.1. The number of carbonyl (C=O) groups excluding carboxylic acids is 2. The molecule has 1 saturated carbocycles. The largest absolute Gasteiger partial charge is 0.480 e. The van der Waals surface area contributed by atoms with Crippen molar-refractivity contribution in [2.75, 3.05) is 0 Å². The number of rotatable bonds is 9. The molecule has 1 aliphatic rings. The number of amides is 2. The first-order chi connectivity index (χ1) is 16.7. The second kappa shape index (κ2) is 10.3. The standard InChI is InChI=1S/C27H32N2O5S/c1-3-17(2)14-24(30)29(35)27(12-6-7-13-27)26(33)28-21(25(31)32)15-18-10-11-20-19-8-4-5-9-22(19)34-23(20)16-18/h4-5,8-11,16-17,21,35H,3,6-7,12-15H2,1-2H3,(H,28,33)(H,31,32)/t17?,21-/m0/s1. The summed E-state index contributed by atoms with van der Waals surface area (Å²) >= 11 is 4.46. The maximum atomic E-state index is 13.5. The highest BCUT2D eigenvalue weighted by Gasteiger charge is 2.48. The van der Waals surface area contributed by atoms with Gasteiger partial charge in [-0.15, -0.1) is 0 Å². The third-order valence-electron chi connectivity index (χ3n) is 7.20. The predicted octanol–water partition coefficient (Wildman–Crippen LogP) is 5.12. The Morgan fingerprint density at radius 2 is 1.80 bits per heavy atom. The second-order valence-electron chi connectivity index (χ2n) is 9.66. The third-order valence-corrected chi connectivity index (χ3v) is 7.81. The van der Waals surface area contributed by atoms with Crippen molar-refractivity contribution in [1.29, 1.82) is 0 Å². The van der Waals surface area contributed by atoms with Crippen molar-refractivity contribution < 1.29 is 23.9 Å². The van der Waals surface area contributed by atoms with Crippen molar-refractivity contribution in [3.8, 4) is 0 Å². The molecular weight excluding hydrogens is 464 g/mol. The minimum atomic E-state index is -1.15. The van der Waals surface area contributed by atoms with Crippen molar-refractivity contribution in [3.05, 3.63) is 48.0 Å². The molecule has 1 aliphatic carbocycles. The maximum Gasteiger partial charge on any atom is 0.326 e. The average Bonchev–Trinajstić information content (AvgIpc) is 3.48. The summed E-state index contributed by atoms with van der Waals surface area (Å²) < 4.78 is 7.19. The van der Waals surface area contributed by atoms with Crippen molar-refractivity contribution in [3.63, 3.8) is 0 Å². The van der Waals surface area contributed by atoms with Crippen LogP contribution in [0.4, 0.5) is 0 Å². The van der Waals surface area contributed by atoms with Crippen molar-refractivity contribution >= 4 is 52.5 Å². The Labute approximate surface area is 210 Å². The minimum absolute atomic E-state index is 0.0948. The molecule has 8 heteroatoms. The zero-order valence-corrected chi connectivity index (χ0v) is 21.0. The third kappa shape index (κ3) is 5.03. The Morgan fingerprint density at radius 1 is 1.11 bits per heavy atom. The Hall–Kier alpha value is -3.00. The molecule has 1 unspecified atom stereocenters. The summed E-state index contributed by atoms with van der Waals surface area (Å²) in [4.78, 5) is 38.4. The van der Waals surface area contributed by atoms with Gasteiger partial charge in [0.2, 0.25) is 11.8 Å². The minimum Gasteiger partial charge on any atom is -0.480 e. The number of thiol groups is 1. The number of nitrogens with zero attached hydrogens (tertiary/aromatic N) is 1. The van der Waals surface area contributed by atoms with Crippen LogP contribution in [0.1, 0.15) is 57.9 Å². The van der Waals surface area contributed by atoms with Crippen LogP contribution >= 0.6 is 12.8 Å². The number of hydrogen-bond acceptors (Lipinski definition) is 5. The van der Waals surface area contributed by atoms with Gasteiger partial charge < -0.3 is 14.8 Å². The van der Waals surface area contributed by atoms with Crippen LogP contribution in [0.2, 0.25) is 0 Å². The summed E-state index contributed by atoms with van der Waals surface area (Å²) in [5.74, 6) is -1.62. The maximum absolute atomic E-state index is 13.5. The first-order valence-corrected chi connectivity index (χ1v) is 12.6. The van der Waals surface area contributed by atoms with E-state index in [4.69, 9.17) is 4.42 Å². The number of nitrogens with one attached hydrogen (secondary N) is 1. The lowest BCUT2D eigenvalue weighted by molar-refractivity contribution is -0.145. The Bertz CT molecular complexity index is 1250. The summed E-state index contributed by atoms with van der Waals surface area (Å²) in [7, 11) is 0. The van der Waals surface area contributed by atoms with E-state index in [-0.39, 0.29) is 18.2 Å². The normalized spacial score (nSPS) is 16.8. The number of carboxylic acids is 1. The molecule has 1 fully saturated rings. The van der Waals surface area contributed by atoms with E-state index in [0.717, 1.165) is 41.2 Å². The lowest BCUT2D eigenvalue weighted by atomic mass is 9.93. The molecule has 4 rings (SSSR count). The van der Waals surface area contributed by atoms with E-state index >= 15 is 0 Å². The molecule has 186 valence electrons. The van der Waals surface area contributed by atoms with Crippen LogP contribution in [0.15, 0.2) is 46.9 Å². The SMILES string of the molecule is CCC(C)CC(=O)N(S)C1(C(=O)N[C@@H](Cc2ccc3c(c2)oc2ccccc23)C(=O)O)CCCC1. The average molecular weight is 497 g/mol. The molecule has 3 aromatic rings. The van der Waals surface area contributed by atoms with Crippen molar-refractivity contribution in [1.82, 2.24) is 9.62 Å². The Balaban J connectivity index is 1.54. The first kappa shape index (κ1) is 25.1. The van der Waals surface area contributed by atoms with E-state index in [2.05, 4.69) is 18.1 Å². The number of hydrogen-bond donors (Lipinski definition) is 3. The molecule has 0 bridgehead atoms. The highest BCUT2D eigenvalue weighted by Crippen LogP contribution is 2.38. The Kier molecular flexibility index (Phi) is 7.40. The lowest BCUT2D eigenvalue weighted by Gasteiger charge is -2.37.